The number of carbonyl (C=O) groups is 1. The van der Waals surface area contributed by atoms with Gasteiger partial charge >= 0.3 is 6.16 Å². The summed E-state index contributed by atoms with van der Waals surface area (Å²) in [7, 11) is 0. The molecule has 1 N–H and O–H groups in total. The van der Waals surface area contributed by atoms with E-state index in [4.69, 9.17) is 9.47 Å². The Labute approximate surface area is 192 Å². The Kier molecular flexibility index (Phi) is 4.58. The first-order valence-corrected chi connectivity index (χ1v) is 11.7. The van der Waals surface area contributed by atoms with Gasteiger partial charge in [0, 0.05) is 21.9 Å². The van der Waals surface area contributed by atoms with Crippen LogP contribution in [0.15, 0.2) is 60.7 Å². The van der Waals surface area contributed by atoms with Gasteiger partial charge in [0.2, 0.25) is 0 Å². The topological polar surface area (TPSA) is 55.8 Å². The molecule has 4 nitrogen and oxygen atoms in total. The molecule has 2 aliphatic rings. The van der Waals surface area contributed by atoms with Crippen LogP contribution in [0.1, 0.15) is 55.2 Å². The molecule has 0 aromatic heterocycles. The van der Waals surface area contributed by atoms with Crippen LogP contribution in [0.5, 0.6) is 17.2 Å². The maximum atomic E-state index is 13.0. The molecule has 0 heterocycles. The zero-order valence-corrected chi connectivity index (χ0v) is 18.8. The lowest BCUT2D eigenvalue weighted by atomic mass is 9.81. The molecule has 2 bridgehead atoms. The molecule has 0 aliphatic heterocycles. The third kappa shape index (κ3) is 3.08. The zero-order chi connectivity index (χ0) is 22.7. The van der Waals surface area contributed by atoms with E-state index in [1.165, 1.54) is 0 Å². The Hall–Kier alpha value is -3.53. The molecule has 0 amide bonds. The summed E-state index contributed by atoms with van der Waals surface area (Å²) >= 11 is 0. The van der Waals surface area contributed by atoms with Crippen molar-refractivity contribution >= 4 is 27.7 Å². The Morgan fingerprint density at radius 1 is 0.970 bits per heavy atom. The maximum absolute atomic E-state index is 13.0. The molecular weight excluding hydrogens is 412 g/mol. The summed E-state index contributed by atoms with van der Waals surface area (Å²) in [6, 6.07) is 19.4. The summed E-state index contributed by atoms with van der Waals surface area (Å²) in [5, 5.41) is 14.9. The van der Waals surface area contributed by atoms with E-state index in [1.807, 2.05) is 54.6 Å². The second kappa shape index (κ2) is 7.51. The molecule has 6 rings (SSSR count). The monoisotopic (exact) mass is 438 g/mol. The predicted molar refractivity (Wildman–Crippen MR) is 129 cm³/mol. The van der Waals surface area contributed by atoms with Crippen molar-refractivity contribution in [2.75, 3.05) is 0 Å². The Morgan fingerprint density at radius 3 is 2.61 bits per heavy atom. The van der Waals surface area contributed by atoms with Crippen LogP contribution in [-0.4, -0.2) is 11.3 Å². The molecule has 0 saturated heterocycles. The molecular formula is C29H26O4. The van der Waals surface area contributed by atoms with Crippen molar-refractivity contribution in [3.05, 3.63) is 77.4 Å². The summed E-state index contributed by atoms with van der Waals surface area (Å²) in [6.07, 6.45) is 2.07. The number of benzene rings is 4. The fourth-order valence-electron chi connectivity index (χ4n) is 6.09. The highest BCUT2D eigenvalue weighted by Gasteiger charge is 2.46. The molecule has 4 heteroatoms. The van der Waals surface area contributed by atoms with Crippen LogP contribution in [-0.2, 0) is 6.42 Å². The van der Waals surface area contributed by atoms with E-state index < -0.39 is 6.16 Å². The van der Waals surface area contributed by atoms with E-state index in [1.54, 1.807) is 6.07 Å². The van der Waals surface area contributed by atoms with Crippen molar-refractivity contribution in [3.8, 4) is 17.2 Å². The van der Waals surface area contributed by atoms with Crippen LogP contribution in [0.3, 0.4) is 0 Å². The minimum atomic E-state index is -0.749. The second-order valence-corrected chi connectivity index (χ2v) is 9.41. The molecule has 1 saturated carbocycles. The van der Waals surface area contributed by atoms with Gasteiger partial charge in [-0.2, -0.15) is 0 Å². The smallest absolute Gasteiger partial charge is 0.507 e. The van der Waals surface area contributed by atoms with Crippen molar-refractivity contribution < 1.29 is 19.4 Å². The summed E-state index contributed by atoms with van der Waals surface area (Å²) in [4.78, 5) is 13.0. The van der Waals surface area contributed by atoms with Gasteiger partial charge in [0.1, 0.15) is 17.2 Å². The van der Waals surface area contributed by atoms with Gasteiger partial charge in [-0.25, -0.2) is 4.79 Å². The lowest BCUT2D eigenvalue weighted by Gasteiger charge is -2.26. The number of ether oxygens (including phenoxy) is 2. The largest absolute Gasteiger partial charge is 0.519 e. The molecule has 3 unspecified atom stereocenters. The number of aromatic hydroxyl groups is 1. The van der Waals surface area contributed by atoms with Gasteiger partial charge in [0.05, 0.1) is 0 Å². The molecule has 0 spiro atoms. The van der Waals surface area contributed by atoms with Crippen molar-refractivity contribution in [2.45, 2.75) is 44.9 Å². The molecule has 4 aromatic carbocycles. The third-order valence-corrected chi connectivity index (χ3v) is 7.57. The summed E-state index contributed by atoms with van der Waals surface area (Å²) in [6.45, 7) is 4.32. The van der Waals surface area contributed by atoms with Crippen LogP contribution >= 0.6 is 0 Å². The van der Waals surface area contributed by atoms with E-state index >= 15 is 0 Å². The van der Waals surface area contributed by atoms with Crippen molar-refractivity contribution in [1.29, 1.82) is 0 Å². The maximum Gasteiger partial charge on any atom is 0.519 e. The molecule has 33 heavy (non-hydrogen) atoms. The third-order valence-electron chi connectivity index (χ3n) is 7.57. The minimum Gasteiger partial charge on any atom is -0.507 e. The first kappa shape index (κ1) is 20.1. The number of fused-ring (bicyclic) bond motifs is 7. The fraction of sp³-hybridized carbons (Fsp3) is 0.276. The van der Waals surface area contributed by atoms with Crippen molar-refractivity contribution in [1.82, 2.24) is 0 Å². The molecule has 166 valence electrons. The van der Waals surface area contributed by atoms with Crippen LogP contribution < -0.4 is 9.47 Å². The van der Waals surface area contributed by atoms with Gasteiger partial charge in [-0.05, 0) is 65.5 Å². The highest BCUT2D eigenvalue weighted by atomic mass is 16.7. The van der Waals surface area contributed by atoms with E-state index in [0.717, 1.165) is 57.5 Å². The second-order valence-electron chi connectivity index (χ2n) is 9.41. The van der Waals surface area contributed by atoms with Gasteiger partial charge in [-0.3, -0.25) is 0 Å². The average Bonchev–Trinajstić information content (AvgIpc) is 3.39. The number of phenolic OH excluding ortho intramolecular Hbond substituents is 1. The molecule has 1 fully saturated rings. The zero-order valence-electron chi connectivity index (χ0n) is 18.8. The van der Waals surface area contributed by atoms with Crippen LogP contribution in [0.4, 0.5) is 4.79 Å². The standard InChI is InChI=1S/C29H26O4/c1-3-17-9-6-10-22-24(17)28(25-20-13-16(2)23(15-20)26(25)27(22)30)33-29(31)32-21-12-11-18-7-4-5-8-19(18)14-21/h4-12,14,16,20,23,30H,3,13,15H2,1-2H3. The van der Waals surface area contributed by atoms with E-state index in [0.29, 0.717) is 35.0 Å². The lowest BCUT2D eigenvalue weighted by molar-refractivity contribution is 0.152. The molecule has 3 atom stereocenters. The van der Waals surface area contributed by atoms with Crippen LogP contribution in [0.2, 0.25) is 0 Å². The number of phenols is 1. The highest BCUT2D eigenvalue weighted by Crippen LogP contribution is 2.63. The molecule has 2 aliphatic carbocycles. The summed E-state index contributed by atoms with van der Waals surface area (Å²) in [5.41, 5.74) is 3.02. The number of aryl methyl sites for hydroxylation is 1. The van der Waals surface area contributed by atoms with Gasteiger partial charge in [-0.1, -0.05) is 62.4 Å². The number of carbonyl (C=O) groups excluding carboxylic acids is 1. The van der Waals surface area contributed by atoms with Gasteiger partial charge in [0.15, 0.2) is 0 Å². The minimum absolute atomic E-state index is 0.295. The SMILES string of the molecule is CCc1cccc2c(O)c3c(c(OC(=O)Oc4ccc5ccccc5c4)c12)C1CC(C)C3C1. The van der Waals surface area contributed by atoms with Gasteiger partial charge in [-0.15, -0.1) is 0 Å². The summed E-state index contributed by atoms with van der Waals surface area (Å²) < 4.78 is 11.6. The normalized spacial score (nSPS) is 20.8. The van der Waals surface area contributed by atoms with E-state index in [-0.39, 0.29) is 0 Å². The Bertz CT molecular complexity index is 1420. The van der Waals surface area contributed by atoms with Gasteiger partial charge in [0.25, 0.3) is 0 Å². The highest BCUT2D eigenvalue weighted by molar-refractivity contribution is 6.00. The van der Waals surface area contributed by atoms with Gasteiger partial charge < -0.3 is 14.6 Å². The first-order valence-electron chi connectivity index (χ1n) is 11.7. The van der Waals surface area contributed by atoms with Crippen LogP contribution in [0, 0.1) is 5.92 Å². The average molecular weight is 439 g/mol. The number of rotatable bonds is 3. The molecule has 0 radical (unpaired) electrons. The Morgan fingerprint density at radius 2 is 1.79 bits per heavy atom. The van der Waals surface area contributed by atoms with Crippen molar-refractivity contribution in [2.24, 2.45) is 5.92 Å². The quantitative estimate of drug-likeness (QED) is 0.267. The van der Waals surface area contributed by atoms with Crippen molar-refractivity contribution in [3.63, 3.8) is 0 Å². The molecule has 4 aromatic rings. The fourth-order valence-corrected chi connectivity index (χ4v) is 6.09. The predicted octanol–water partition coefficient (Wildman–Crippen LogP) is 7.45. The van der Waals surface area contributed by atoms with E-state index in [9.17, 15) is 9.90 Å². The lowest BCUT2D eigenvalue weighted by Crippen LogP contribution is -2.17. The number of hydrogen-bond donors (Lipinski definition) is 1. The summed E-state index contributed by atoms with van der Waals surface area (Å²) in [5.74, 6) is 2.48. The first-order chi connectivity index (χ1) is 16.0. The van der Waals surface area contributed by atoms with Crippen LogP contribution in [0.25, 0.3) is 21.5 Å². The number of hydrogen-bond acceptors (Lipinski definition) is 4. The van der Waals surface area contributed by atoms with E-state index in [2.05, 4.69) is 13.8 Å². The Balaban J connectivity index is 1.44.